The maximum Gasteiger partial charge on any atom is 0.354 e. The maximum absolute atomic E-state index is 10.1. The molecule has 3 N–H and O–H groups in total. The molecule has 0 aliphatic heterocycles. The lowest BCUT2D eigenvalue weighted by Gasteiger charge is -2.14. The molecule has 1 atom stereocenters. The lowest BCUT2D eigenvalue weighted by molar-refractivity contribution is 0.0680. The largest absolute Gasteiger partial charge is 0.477 e. The molecule has 0 saturated carbocycles. The van der Waals surface area contributed by atoms with Gasteiger partial charge < -0.3 is 15.2 Å². The Morgan fingerprint density at radius 3 is 1.79 bits per heavy atom. The van der Waals surface area contributed by atoms with Gasteiger partial charge >= 0.3 is 11.9 Å². The molecule has 1 aromatic carbocycles. The van der Waals surface area contributed by atoms with Gasteiger partial charge in [-0.15, -0.1) is 0 Å². The van der Waals surface area contributed by atoms with Crippen LogP contribution in [-0.4, -0.2) is 42.1 Å². The summed E-state index contributed by atoms with van der Waals surface area (Å²) in [6.07, 6.45) is 6.59. The van der Waals surface area contributed by atoms with Crippen LogP contribution in [0.2, 0.25) is 0 Å². The van der Waals surface area contributed by atoms with Crippen molar-refractivity contribution in [2.75, 3.05) is 0 Å². The number of pyridine rings is 2. The number of hydrogen-bond acceptors (Lipinski definition) is 5. The molecular formula is C25H26N4O4. The van der Waals surface area contributed by atoms with Crippen LogP contribution in [-0.2, 0) is 0 Å². The van der Waals surface area contributed by atoms with Crippen LogP contribution in [0.3, 0.4) is 0 Å². The number of carboxylic acids is 2. The molecule has 0 saturated heterocycles. The molecule has 33 heavy (non-hydrogen) atoms. The molecule has 170 valence electrons. The average Bonchev–Trinajstić information content (AvgIpc) is 3.37. The van der Waals surface area contributed by atoms with Crippen LogP contribution in [0.5, 0.6) is 0 Å². The Morgan fingerprint density at radius 1 is 0.818 bits per heavy atom. The van der Waals surface area contributed by atoms with Crippen LogP contribution in [0.25, 0.3) is 0 Å². The van der Waals surface area contributed by atoms with Gasteiger partial charge in [-0.3, -0.25) is 0 Å². The minimum atomic E-state index is -0.990. The Labute approximate surface area is 192 Å². The maximum atomic E-state index is 10.1. The van der Waals surface area contributed by atoms with Crippen LogP contribution in [0, 0.1) is 13.8 Å². The third kappa shape index (κ3) is 7.70. The number of nitrogens with one attached hydrogen (secondary N) is 1. The molecule has 0 spiro atoms. The van der Waals surface area contributed by atoms with E-state index < -0.39 is 11.9 Å². The van der Waals surface area contributed by atoms with Crippen molar-refractivity contribution in [3.05, 3.63) is 113 Å². The number of imidazole rings is 1. The summed E-state index contributed by atoms with van der Waals surface area (Å²) in [6, 6.07) is 16.0. The number of hydrogen-bond donors (Lipinski definition) is 3. The molecule has 4 aromatic rings. The van der Waals surface area contributed by atoms with Crippen LogP contribution in [0.15, 0.2) is 79.5 Å². The van der Waals surface area contributed by atoms with Gasteiger partial charge in [-0.1, -0.05) is 37.3 Å². The summed E-state index contributed by atoms with van der Waals surface area (Å²) in [6.45, 7) is 6.52. The van der Waals surface area contributed by atoms with E-state index in [1.54, 1.807) is 30.6 Å². The zero-order valence-electron chi connectivity index (χ0n) is 18.6. The van der Waals surface area contributed by atoms with E-state index in [0.29, 0.717) is 5.92 Å². The summed E-state index contributed by atoms with van der Waals surface area (Å²) in [4.78, 5) is 34.7. The average molecular weight is 447 g/mol. The summed E-state index contributed by atoms with van der Waals surface area (Å²) in [7, 11) is 0. The summed E-state index contributed by atoms with van der Waals surface area (Å²) in [5, 5.41) is 16.6. The Hall–Kier alpha value is -4.33. The predicted molar refractivity (Wildman–Crippen MR) is 124 cm³/mol. The van der Waals surface area contributed by atoms with Crippen molar-refractivity contribution in [2.45, 2.75) is 26.7 Å². The number of carbonyl (C=O) groups is 2. The van der Waals surface area contributed by atoms with E-state index in [1.165, 1.54) is 41.2 Å². The number of benzene rings is 1. The molecule has 4 rings (SSSR count). The lowest BCUT2D eigenvalue weighted by atomic mass is 9.92. The van der Waals surface area contributed by atoms with Gasteiger partial charge in [-0.05, 0) is 54.8 Å². The highest BCUT2D eigenvalue weighted by molar-refractivity contribution is 5.85. The normalized spacial score (nSPS) is 10.6. The van der Waals surface area contributed by atoms with Crippen molar-refractivity contribution in [3.63, 3.8) is 0 Å². The smallest absolute Gasteiger partial charge is 0.354 e. The van der Waals surface area contributed by atoms with Crippen LogP contribution in [0.4, 0.5) is 0 Å². The van der Waals surface area contributed by atoms with E-state index in [4.69, 9.17) is 10.2 Å². The Balaban J connectivity index is 0.000000186. The van der Waals surface area contributed by atoms with Gasteiger partial charge in [0.05, 0.1) is 12.0 Å². The van der Waals surface area contributed by atoms with E-state index >= 15 is 0 Å². The third-order valence-corrected chi connectivity index (χ3v) is 4.84. The van der Waals surface area contributed by atoms with Gasteiger partial charge in [0.25, 0.3) is 0 Å². The molecular weight excluding hydrogens is 420 g/mol. The first-order chi connectivity index (χ1) is 15.8. The minimum absolute atomic E-state index is 0.0810. The number of carboxylic acid groups (broad SMARTS) is 2. The summed E-state index contributed by atoms with van der Waals surface area (Å²) < 4.78 is 0. The fourth-order valence-corrected chi connectivity index (χ4v) is 2.89. The lowest BCUT2D eigenvalue weighted by Crippen LogP contribution is -2.00. The molecule has 8 heteroatoms. The van der Waals surface area contributed by atoms with Crippen molar-refractivity contribution in [1.29, 1.82) is 0 Å². The van der Waals surface area contributed by atoms with E-state index in [9.17, 15) is 9.59 Å². The van der Waals surface area contributed by atoms with Gasteiger partial charge in [0, 0.05) is 24.5 Å². The second-order valence-electron chi connectivity index (χ2n) is 7.05. The van der Waals surface area contributed by atoms with Gasteiger partial charge in [-0.2, -0.15) is 0 Å². The second kappa shape index (κ2) is 12.5. The Morgan fingerprint density at radius 2 is 1.39 bits per heavy atom. The predicted octanol–water partition coefficient (Wildman–Crippen LogP) is 4.74. The highest BCUT2D eigenvalue weighted by Crippen LogP contribution is 2.26. The topological polar surface area (TPSA) is 129 Å². The fraction of sp³-hybridized carbons (Fsp3) is 0.160. The highest BCUT2D eigenvalue weighted by Gasteiger charge is 2.13. The van der Waals surface area contributed by atoms with Crippen molar-refractivity contribution in [2.24, 2.45) is 0 Å². The molecule has 0 aliphatic carbocycles. The van der Waals surface area contributed by atoms with Crippen molar-refractivity contribution >= 4 is 11.9 Å². The molecule has 0 aliphatic rings. The first kappa shape index (κ1) is 24.9. The van der Waals surface area contributed by atoms with E-state index in [0.717, 1.165) is 5.69 Å². The SMILES string of the molecule is Cc1cccc(C(C)c2c[nH]cn2)c1C.O=C(O)c1ccccn1.O=C(O)c1ccccn1. The van der Waals surface area contributed by atoms with Crippen LogP contribution >= 0.6 is 0 Å². The number of aromatic nitrogens is 4. The zero-order chi connectivity index (χ0) is 24.2. The first-order valence-corrected chi connectivity index (χ1v) is 10.1. The summed E-state index contributed by atoms with van der Waals surface area (Å²) in [5.74, 6) is -1.62. The van der Waals surface area contributed by atoms with Gasteiger partial charge in [0.15, 0.2) is 0 Å². The van der Waals surface area contributed by atoms with Crippen LogP contribution in [0.1, 0.15) is 56.2 Å². The number of aromatic carboxylic acids is 2. The number of H-pyrrole nitrogens is 1. The molecule has 3 heterocycles. The fourth-order valence-electron chi connectivity index (χ4n) is 2.89. The number of nitrogens with zero attached hydrogens (tertiary/aromatic N) is 3. The van der Waals surface area contributed by atoms with Gasteiger partial charge in [-0.25, -0.2) is 24.5 Å². The Kier molecular flexibility index (Phi) is 9.45. The molecule has 1 unspecified atom stereocenters. The number of aryl methyl sites for hydroxylation is 1. The third-order valence-electron chi connectivity index (χ3n) is 4.84. The second-order valence-corrected chi connectivity index (χ2v) is 7.05. The minimum Gasteiger partial charge on any atom is -0.477 e. The zero-order valence-corrected chi connectivity index (χ0v) is 18.6. The monoisotopic (exact) mass is 446 g/mol. The molecule has 0 radical (unpaired) electrons. The number of aromatic amines is 1. The van der Waals surface area contributed by atoms with Crippen LogP contribution < -0.4 is 0 Å². The van der Waals surface area contributed by atoms with E-state index in [2.05, 4.69) is 58.9 Å². The summed E-state index contributed by atoms with van der Waals surface area (Å²) in [5.41, 5.74) is 5.34. The van der Waals surface area contributed by atoms with E-state index in [-0.39, 0.29) is 11.4 Å². The molecule has 0 fully saturated rings. The molecule has 3 aromatic heterocycles. The van der Waals surface area contributed by atoms with Gasteiger partial charge in [0.1, 0.15) is 11.4 Å². The molecule has 0 bridgehead atoms. The quantitative estimate of drug-likeness (QED) is 0.413. The standard InChI is InChI=1S/C13H16N2.2C6H5NO2/c1-9-5-4-6-12(10(9)2)11(3)13-7-14-8-15-13;2*8-6(9)5-3-1-2-4-7-5/h4-8,11H,1-3H3,(H,14,15);2*1-4H,(H,8,9). The Bertz CT molecular complexity index is 1100. The highest BCUT2D eigenvalue weighted by atomic mass is 16.4. The van der Waals surface area contributed by atoms with Crippen molar-refractivity contribution in [3.8, 4) is 0 Å². The van der Waals surface area contributed by atoms with E-state index in [1.807, 2.05) is 6.20 Å². The molecule has 0 amide bonds. The summed E-state index contributed by atoms with van der Waals surface area (Å²) >= 11 is 0. The number of rotatable bonds is 4. The van der Waals surface area contributed by atoms with Crippen molar-refractivity contribution in [1.82, 2.24) is 19.9 Å². The molecule has 8 nitrogen and oxygen atoms in total. The van der Waals surface area contributed by atoms with Gasteiger partial charge in [0.2, 0.25) is 0 Å². The first-order valence-electron chi connectivity index (χ1n) is 10.1. The van der Waals surface area contributed by atoms with Crippen molar-refractivity contribution < 1.29 is 19.8 Å².